The Morgan fingerprint density at radius 2 is 1.94 bits per heavy atom. The van der Waals surface area contributed by atoms with E-state index in [1.807, 2.05) is 13.8 Å². The van der Waals surface area contributed by atoms with Gasteiger partial charge in [-0.3, -0.25) is 9.59 Å². The number of carbonyl (C=O) groups is 2. The van der Waals surface area contributed by atoms with Crippen LogP contribution in [0.4, 0.5) is 0 Å². The molecule has 0 aliphatic heterocycles. The standard InChI is InChI=1S/C12H24N2O3/c1-4-6-7-10(13)11(15)14(5-2)8-9(3)12(16)17/h9-10H,4-8,13H2,1-3H3,(H,16,17)/t9?,10-/m0/s1. The minimum atomic E-state index is -0.890. The molecule has 2 atom stereocenters. The van der Waals surface area contributed by atoms with Gasteiger partial charge in [0.05, 0.1) is 12.0 Å². The number of nitrogens with two attached hydrogens (primary N) is 1. The van der Waals surface area contributed by atoms with E-state index in [9.17, 15) is 9.59 Å². The van der Waals surface area contributed by atoms with Gasteiger partial charge in [0, 0.05) is 13.1 Å². The van der Waals surface area contributed by atoms with E-state index in [0.29, 0.717) is 13.0 Å². The Kier molecular flexibility index (Phi) is 7.54. The van der Waals surface area contributed by atoms with Gasteiger partial charge >= 0.3 is 5.97 Å². The van der Waals surface area contributed by atoms with Crippen molar-refractivity contribution in [1.29, 1.82) is 0 Å². The summed E-state index contributed by atoms with van der Waals surface area (Å²) in [4.78, 5) is 24.2. The van der Waals surface area contributed by atoms with Crippen molar-refractivity contribution in [3.63, 3.8) is 0 Å². The molecule has 1 unspecified atom stereocenters. The van der Waals surface area contributed by atoms with Crippen molar-refractivity contribution in [2.45, 2.75) is 46.1 Å². The molecule has 0 aliphatic carbocycles. The zero-order valence-electron chi connectivity index (χ0n) is 11.0. The highest BCUT2D eigenvalue weighted by Crippen LogP contribution is 2.06. The van der Waals surface area contributed by atoms with Crippen molar-refractivity contribution >= 4 is 11.9 Å². The van der Waals surface area contributed by atoms with Gasteiger partial charge in [-0.05, 0) is 13.3 Å². The van der Waals surface area contributed by atoms with Crippen LogP contribution >= 0.6 is 0 Å². The second-order valence-electron chi connectivity index (χ2n) is 4.36. The molecule has 0 aromatic carbocycles. The number of hydrogen-bond donors (Lipinski definition) is 2. The molecule has 0 radical (unpaired) electrons. The predicted molar refractivity (Wildman–Crippen MR) is 66.6 cm³/mol. The normalized spacial score (nSPS) is 14.1. The maximum absolute atomic E-state index is 11.9. The molecule has 0 fully saturated rings. The SMILES string of the molecule is CCCC[C@H](N)C(=O)N(CC)CC(C)C(=O)O. The maximum atomic E-state index is 11.9. The Bertz CT molecular complexity index is 256. The van der Waals surface area contributed by atoms with E-state index in [1.165, 1.54) is 4.90 Å². The number of unbranched alkanes of at least 4 members (excludes halogenated alkanes) is 1. The van der Waals surface area contributed by atoms with Gasteiger partial charge < -0.3 is 15.7 Å². The van der Waals surface area contributed by atoms with Crippen LogP contribution in [0.5, 0.6) is 0 Å². The fourth-order valence-corrected chi connectivity index (χ4v) is 1.57. The molecule has 1 amide bonds. The summed E-state index contributed by atoms with van der Waals surface area (Å²) in [5, 5.41) is 8.82. The molecule has 17 heavy (non-hydrogen) atoms. The van der Waals surface area contributed by atoms with Crippen LogP contribution in [0.2, 0.25) is 0 Å². The lowest BCUT2D eigenvalue weighted by Crippen LogP contribution is -2.46. The fraction of sp³-hybridized carbons (Fsp3) is 0.833. The Morgan fingerprint density at radius 3 is 2.35 bits per heavy atom. The van der Waals surface area contributed by atoms with Crippen molar-refractivity contribution in [2.24, 2.45) is 11.7 Å². The van der Waals surface area contributed by atoms with Crippen LogP contribution in [0.3, 0.4) is 0 Å². The number of carboxylic acids is 1. The maximum Gasteiger partial charge on any atom is 0.308 e. The Morgan fingerprint density at radius 1 is 1.35 bits per heavy atom. The molecule has 0 aliphatic rings. The topological polar surface area (TPSA) is 83.6 Å². The molecule has 5 heteroatoms. The van der Waals surface area contributed by atoms with Crippen molar-refractivity contribution in [2.75, 3.05) is 13.1 Å². The number of rotatable bonds is 8. The molecule has 0 aromatic rings. The smallest absolute Gasteiger partial charge is 0.308 e. The molecule has 0 heterocycles. The van der Waals surface area contributed by atoms with E-state index in [0.717, 1.165) is 12.8 Å². The molecule has 100 valence electrons. The van der Waals surface area contributed by atoms with Crippen molar-refractivity contribution in [3.05, 3.63) is 0 Å². The molecular formula is C12H24N2O3. The highest BCUT2D eigenvalue weighted by Gasteiger charge is 2.23. The van der Waals surface area contributed by atoms with Gasteiger partial charge in [0.25, 0.3) is 0 Å². The van der Waals surface area contributed by atoms with E-state index in [2.05, 4.69) is 0 Å². The summed E-state index contributed by atoms with van der Waals surface area (Å²) in [6.07, 6.45) is 2.57. The van der Waals surface area contributed by atoms with E-state index >= 15 is 0 Å². The van der Waals surface area contributed by atoms with Crippen LogP contribution in [0.15, 0.2) is 0 Å². The predicted octanol–water partition coefficient (Wildman–Crippen LogP) is 1.07. The second-order valence-corrected chi connectivity index (χ2v) is 4.36. The summed E-state index contributed by atoms with van der Waals surface area (Å²) in [5.41, 5.74) is 5.79. The summed E-state index contributed by atoms with van der Waals surface area (Å²) in [7, 11) is 0. The Balaban J connectivity index is 4.34. The molecule has 0 bridgehead atoms. The van der Waals surface area contributed by atoms with E-state index in [4.69, 9.17) is 10.8 Å². The third kappa shape index (κ3) is 5.68. The van der Waals surface area contributed by atoms with E-state index in [-0.39, 0.29) is 12.5 Å². The van der Waals surface area contributed by atoms with Crippen molar-refractivity contribution in [3.8, 4) is 0 Å². The molecular weight excluding hydrogens is 220 g/mol. The van der Waals surface area contributed by atoms with Crippen molar-refractivity contribution < 1.29 is 14.7 Å². The zero-order valence-corrected chi connectivity index (χ0v) is 11.0. The summed E-state index contributed by atoms with van der Waals surface area (Å²) in [6, 6.07) is -0.504. The van der Waals surface area contributed by atoms with Gasteiger partial charge in [0.1, 0.15) is 0 Å². The summed E-state index contributed by atoms with van der Waals surface area (Å²) in [5.74, 6) is -1.59. The van der Waals surface area contributed by atoms with Crippen LogP contribution in [0, 0.1) is 5.92 Å². The first-order valence-electron chi connectivity index (χ1n) is 6.21. The quantitative estimate of drug-likeness (QED) is 0.669. The Hall–Kier alpha value is -1.10. The zero-order chi connectivity index (χ0) is 13.4. The average molecular weight is 244 g/mol. The van der Waals surface area contributed by atoms with E-state index < -0.39 is 17.9 Å². The largest absolute Gasteiger partial charge is 0.481 e. The monoisotopic (exact) mass is 244 g/mol. The number of carbonyl (C=O) groups excluding carboxylic acids is 1. The van der Waals surface area contributed by atoms with Gasteiger partial charge in [0.15, 0.2) is 0 Å². The second kappa shape index (κ2) is 8.06. The van der Waals surface area contributed by atoms with Gasteiger partial charge in [0.2, 0.25) is 5.91 Å². The molecule has 0 saturated carbocycles. The molecule has 0 aromatic heterocycles. The minimum Gasteiger partial charge on any atom is -0.481 e. The minimum absolute atomic E-state index is 0.144. The highest BCUT2D eigenvalue weighted by atomic mass is 16.4. The Labute approximate surface area is 103 Å². The van der Waals surface area contributed by atoms with Crippen molar-refractivity contribution in [1.82, 2.24) is 4.90 Å². The van der Waals surface area contributed by atoms with Gasteiger partial charge in [-0.2, -0.15) is 0 Å². The van der Waals surface area contributed by atoms with Crippen LogP contribution in [-0.4, -0.2) is 41.0 Å². The number of hydrogen-bond acceptors (Lipinski definition) is 3. The van der Waals surface area contributed by atoms with Gasteiger partial charge in [-0.25, -0.2) is 0 Å². The van der Waals surface area contributed by atoms with Gasteiger partial charge in [-0.1, -0.05) is 26.7 Å². The summed E-state index contributed by atoms with van der Waals surface area (Å²) < 4.78 is 0. The first-order valence-corrected chi connectivity index (χ1v) is 6.21. The third-order valence-electron chi connectivity index (χ3n) is 2.80. The van der Waals surface area contributed by atoms with Crippen LogP contribution in [-0.2, 0) is 9.59 Å². The lowest BCUT2D eigenvalue weighted by Gasteiger charge is -2.25. The average Bonchev–Trinajstić information content (AvgIpc) is 2.31. The molecule has 5 nitrogen and oxygen atoms in total. The number of amides is 1. The first kappa shape index (κ1) is 15.9. The fourth-order valence-electron chi connectivity index (χ4n) is 1.57. The van der Waals surface area contributed by atoms with Crippen LogP contribution < -0.4 is 5.73 Å². The molecule has 0 saturated heterocycles. The molecule has 0 rings (SSSR count). The summed E-state index contributed by atoms with van der Waals surface area (Å²) >= 11 is 0. The molecule has 0 spiro atoms. The number of carboxylic acid groups (broad SMARTS) is 1. The number of aliphatic carboxylic acids is 1. The summed E-state index contributed by atoms with van der Waals surface area (Å²) in [6.45, 7) is 6.19. The van der Waals surface area contributed by atoms with Crippen LogP contribution in [0.25, 0.3) is 0 Å². The third-order valence-corrected chi connectivity index (χ3v) is 2.80. The van der Waals surface area contributed by atoms with Gasteiger partial charge in [-0.15, -0.1) is 0 Å². The number of likely N-dealkylation sites (N-methyl/N-ethyl adjacent to an activating group) is 1. The number of nitrogens with zero attached hydrogens (tertiary/aromatic N) is 1. The lowest BCUT2D eigenvalue weighted by molar-refractivity contribution is -0.143. The lowest BCUT2D eigenvalue weighted by atomic mass is 10.1. The highest BCUT2D eigenvalue weighted by molar-refractivity contribution is 5.82. The first-order chi connectivity index (χ1) is 7.93. The van der Waals surface area contributed by atoms with Crippen LogP contribution in [0.1, 0.15) is 40.0 Å². The molecule has 3 N–H and O–H groups in total. The van der Waals surface area contributed by atoms with E-state index in [1.54, 1.807) is 6.92 Å².